The van der Waals surface area contributed by atoms with Crippen LogP contribution >= 0.6 is 11.6 Å². The summed E-state index contributed by atoms with van der Waals surface area (Å²) in [6, 6.07) is 20.2. The van der Waals surface area contributed by atoms with Crippen molar-refractivity contribution in [2.75, 3.05) is 13.7 Å². The molecule has 4 aromatic rings. The Kier molecular flexibility index (Phi) is 8.43. The molecule has 0 saturated carbocycles. The van der Waals surface area contributed by atoms with Crippen molar-refractivity contribution in [3.05, 3.63) is 101 Å². The zero-order valence-corrected chi connectivity index (χ0v) is 20.9. The molecule has 0 aliphatic heterocycles. The lowest BCUT2D eigenvalue weighted by molar-refractivity contribution is -0.150. The Labute approximate surface area is 218 Å². The number of amides is 2. The minimum atomic E-state index is -1.02. The van der Waals surface area contributed by atoms with Crippen LogP contribution in [0.4, 0.5) is 0 Å². The van der Waals surface area contributed by atoms with E-state index in [1.807, 2.05) is 36.4 Å². The molecule has 0 aliphatic carbocycles. The molecule has 8 nitrogen and oxygen atoms in total. The first kappa shape index (κ1) is 25.8. The Morgan fingerprint density at radius 3 is 2.43 bits per heavy atom. The third kappa shape index (κ3) is 6.89. The monoisotopic (exact) mass is 519 g/mol. The zero-order valence-electron chi connectivity index (χ0n) is 20.1. The average Bonchev–Trinajstić information content (AvgIpc) is 3.33. The molecule has 1 aromatic heterocycles. The maximum atomic E-state index is 13.0. The molecule has 0 fully saturated rings. The number of ether oxygens (including phenoxy) is 2. The average molecular weight is 520 g/mol. The van der Waals surface area contributed by atoms with Crippen LogP contribution in [-0.4, -0.2) is 42.5 Å². The summed E-state index contributed by atoms with van der Waals surface area (Å²) in [5.74, 6) is -0.917. The molecule has 0 saturated heterocycles. The van der Waals surface area contributed by atoms with Gasteiger partial charge in [-0.05, 0) is 53.6 Å². The summed E-state index contributed by atoms with van der Waals surface area (Å²) in [4.78, 5) is 41.3. The molecule has 0 spiro atoms. The SMILES string of the molecule is COc1ccc(CNC(=O)COC(=O)[C@H](Cc2c[nH]c3ccccc23)NC(=O)c2ccc(Cl)cc2)cc1. The fraction of sp³-hybridized carbons (Fsp3) is 0.179. The van der Waals surface area contributed by atoms with Crippen molar-refractivity contribution >= 4 is 40.3 Å². The number of aromatic amines is 1. The highest BCUT2D eigenvalue weighted by molar-refractivity contribution is 6.30. The van der Waals surface area contributed by atoms with Crippen molar-refractivity contribution < 1.29 is 23.9 Å². The molecular weight excluding hydrogens is 494 g/mol. The van der Waals surface area contributed by atoms with Gasteiger partial charge in [0.05, 0.1) is 7.11 Å². The number of methoxy groups -OCH3 is 1. The molecule has 4 rings (SSSR count). The van der Waals surface area contributed by atoms with E-state index in [0.717, 1.165) is 22.0 Å². The number of carbonyl (C=O) groups excluding carboxylic acids is 3. The second kappa shape index (κ2) is 12.1. The van der Waals surface area contributed by atoms with Gasteiger partial charge in [0.1, 0.15) is 11.8 Å². The number of halogens is 1. The summed E-state index contributed by atoms with van der Waals surface area (Å²) in [6.45, 7) is -0.206. The van der Waals surface area contributed by atoms with Crippen LogP contribution in [0.25, 0.3) is 10.9 Å². The number of rotatable bonds is 10. The predicted molar refractivity (Wildman–Crippen MR) is 141 cm³/mol. The molecule has 3 aromatic carbocycles. The molecule has 0 radical (unpaired) electrons. The second-order valence-corrected chi connectivity index (χ2v) is 8.77. The van der Waals surface area contributed by atoms with Gasteiger partial charge >= 0.3 is 5.97 Å². The minimum absolute atomic E-state index is 0.176. The van der Waals surface area contributed by atoms with Crippen LogP contribution in [0.1, 0.15) is 21.5 Å². The van der Waals surface area contributed by atoms with Gasteiger partial charge in [-0.1, -0.05) is 41.9 Å². The minimum Gasteiger partial charge on any atom is -0.497 e. The van der Waals surface area contributed by atoms with Gasteiger partial charge in [-0.25, -0.2) is 4.79 Å². The molecule has 0 bridgehead atoms. The van der Waals surface area contributed by atoms with Crippen LogP contribution in [0, 0.1) is 0 Å². The molecule has 37 heavy (non-hydrogen) atoms. The standard InChI is InChI=1S/C28H26ClN3O5/c1-36-22-12-6-18(7-13-22)15-31-26(33)17-37-28(35)25(32-27(34)19-8-10-21(29)11-9-19)14-20-16-30-24-5-3-2-4-23(20)24/h2-13,16,25,30H,14-15,17H2,1H3,(H,31,33)(H,32,34)/t25-/m0/s1. The van der Waals surface area contributed by atoms with Crippen molar-refractivity contribution in [2.24, 2.45) is 0 Å². The van der Waals surface area contributed by atoms with Crippen LogP contribution in [0.3, 0.4) is 0 Å². The number of para-hydroxylation sites is 1. The lowest BCUT2D eigenvalue weighted by Gasteiger charge is -2.18. The lowest BCUT2D eigenvalue weighted by Crippen LogP contribution is -2.44. The number of carbonyl (C=O) groups is 3. The summed E-state index contributed by atoms with van der Waals surface area (Å²) >= 11 is 5.92. The fourth-order valence-corrected chi connectivity index (χ4v) is 3.91. The predicted octanol–water partition coefficient (Wildman–Crippen LogP) is 4.03. The third-order valence-electron chi connectivity index (χ3n) is 5.79. The number of fused-ring (bicyclic) bond motifs is 1. The van der Waals surface area contributed by atoms with E-state index in [0.29, 0.717) is 16.3 Å². The zero-order chi connectivity index (χ0) is 26.2. The van der Waals surface area contributed by atoms with Gasteiger partial charge in [-0.2, -0.15) is 0 Å². The Hall–Kier alpha value is -4.30. The maximum absolute atomic E-state index is 13.0. The van der Waals surface area contributed by atoms with E-state index < -0.39 is 30.4 Å². The number of nitrogens with one attached hydrogen (secondary N) is 3. The van der Waals surface area contributed by atoms with Crippen LogP contribution < -0.4 is 15.4 Å². The summed E-state index contributed by atoms with van der Waals surface area (Å²) in [7, 11) is 1.58. The number of H-pyrrole nitrogens is 1. The third-order valence-corrected chi connectivity index (χ3v) is 6.04. The topological polar surface area (TPSA) is 110 Å². The maximum Gasteiger partial charge on any atom is 0.329 e. The first-order valence-corrected chi connectivity index (χ1v) is 12.0. The van der Waals surface area contributed by atoms with E-state index in [9.17, 15) is 14.4 Å². The Balaban J connectivity index is 1.40. The van der Waals surface area contributed by atoms with Crippen LogP contribution in [0.2, 0.25) is 5.02 Å². The van der Waals surface area contributed by atoms with Crippen LogP contribution in [0.15, 0.2) is 79.0 Å². The number of hydrogen-bond acceptors (Lipinski definition) is 5. The Morgan fingerprint density at radius 2 is 1.70 bits per heavy atom. The number of benzene rings is 3. The van der Waals surface area contributed by atoms with Gasteiger partial charge in [-0.15, -0.1) is 0 Å². The molecule has 1 heterocycles. The second-order valence-electron chi connectivity index (χ2n) is 8.33. The van der Waals surface area contributed by atoms with Crippen LogP contribution in [-0.2, 0) is 27.3 Å². The first-order valence-electron chi connectivity index (χ1n) is 11.6. The molecular formula is C28H26ClN3O5. The number of aromatic nitrogens is 1. The smallest absolute Gasteiger partial charge is 0.329 e. The largest absolute Gasteiger partial charge is 0.497 e. The van der Waals surface area contributed by atoms with Crippen LogP contribution in [0.5, 0.6) is 5.75 Å². The normalized spacial score (nSPS) is 11.5. The van der Waals surface area contributed by atoms with Gasteiger partial charge in [0.25, 0.3) is 11.8 Å². The van der Waals surface area contributed by atoms with Crippen molar-refractivity contribution in [3.8, 4) is 5.75 Å². The van der Waals surface area contributed by atoms with Gasteiger partial charge in [0, 0.05) is 40.7 Å². The van der Waals surface area contributed by atoms with E-state index in [1.165, 1.54) is 0 Å². The summed E-state index contributed by atoms with van der Waals surface area (Å²) < 4.78 is 10.4. The highest BCUT2D eigenvalue weighted by atomic mass is 35.5. The molecule has 9 heteroatoms. The molecule has 2 amide bonds. The quantitative estimate of drug-likeness (QED) is 0.274. The van der Waals surface area contributed by atoms with Gasteiger partial charge in [-0.3, -0.25) is 9.59 Å². The van der Waals surface area contributed by atoms with Gasteiger partial charge in [0.15, 0.2) is 6.61 Å². The van der Waals surface area contributed by atoms with E-state index in [4.69, 9.17) is 21.1 Å². The molecule has 0 unspecified atom stereocenters. The fourth-order valence-electron chi connectivity index (χ4n) is 3.79. The molecule has 190 valence electrons. The molecule has 1 atom stereocenters. The molecule has 3 N–H and O–H groups in total. The van der Waals surface area contributed by atoms with E-state index >= 15 is 0 Å². The molecule has 0 aliphatic rings. The van der Waals surface area contributed by atoms with E-state index in [2.05, 4.69) is 15.6 Å². The summed E-state index contributed by atoms with van der Waals surface area (Å²) in [6.07, 6.45) is 1.97. The number of hydrogen-bond donors (Lipinski definition) is 3. The van der Waals surface area contributed by atoms with E-state index in [-0.39, 0.29) is 13.0 Å². The number of esters is 1. The first-order chi connectivity index (χ1) is 17.9. The van der Waals surface area contributed by atoms with Crippen molar-refractivity contribution in [3.63, 3.8) is 0 Å². The highest BCUT2D eigenvalue weighted by Gasteiger charge is 2.25. The van der Waals surface area contributed by atoms with Gasteiger partial charge < -0.3 is 25.1 Å². The van der Waals surface area contributed by atoms with Crippen molar-refractivity contribution in [1.29, 1.82) is 0 Å². The summed E-state index contributed by atoms with van der Waals surface area (Å²) in [5, 5.41) is 6.87. The lowest BCUT2D eigenvalue weighted by atomic mass is 10.0. The van der Waals surface area contributed by atoms with Gasteiger partial charge in [0.2, 0.25) is 0 Å². The van der Waals surface area contributed by atoms with Crippen molar-refractivity contribution in [2.45, 2.75) is 19.0 Å². The Bertz CT molecular complexity index is 1380. The highest BCUT2D eigenvalue weighted by Crippen LogP contribution is 2.20. The van der Waals surface area contributed by atoms with E-state index in [1.54, 1.807) is 49.7 Å². The summed E-state index contributed by atoms with van der Waals surface area (Å²) in [5.41, 5.74) is 2.95. The Morgan fingerprint density at radius 1 is 0.973 bits per heavy atom. The van der Waals surface area contributed by atoms with Crippen molar-refractivity contribution in [1.82, 2.24) is 15.6 Å².